The monoisotopic (exact) mass is 181 g/mol. The Kier molecular flexibility index (Phi) is 3.01. The third-order valence-corrected chi connectivity index (χ3v) is 3.32. The molecule has 1 aliphatic carbocycles. The van der Waals surface area contributed by atoms with Crippen LogP contribution in [0.25, 0.3) is 0 Å². The van der Waals surface area contributed by atoms with Crippen molar-refractivity contribution in [1.29, 1.82) is 0 Å². The van der Waals surface area contributed by atoms with Crippen LogP contribution in [0.1, 0.15) is 25.7 Å². The second kappa shape index (κ2) is 4.25. The predicted molar refractivity (Wildman–Crippen MR) is 53.5 cm³/mol. The minimum absolute atomic E-state index is 0.0695. The predicted octanol–water partition coefficient (Wildman–Crippen LogP) is 1.31. The molecule has 1 fully saturated rings. The summed E-state index contributed by atoms with van der Waals surface area (Å²) in [5.74, 6) is 1.23. The van der Waals surface area contributed by atoms with Gasteiger partial charge in [-0.05, 0) is 44.1 Å². The van der Waals surface area contributed by atoms with Gasteiger partial charge in [0.2, 0.25) is 0 Å². The van der Waals surface area contributed by atoms with Crippen LogP contribution in [0.2, 0.25) is 0 Å². The first-order valence-electron chi connectivity index (χ1n) is 5.40. The van der Waals surface area contributed by atoms with Gasteiger partial charge in [-0.25, -0.2) is 0 Å². The molecule has 1 heterocycles. The van der Waals surface area contributed by atoms with Crippen LogP contribution >= 0.6 is 0 Å². The zero-order chi connectivity index (χ0) is 9.10. The summed E-state index contributed by atoms with van der Waals surface area (Å²) >= 11 is 0. The molecule has 2 rings (SSSR count). The number of rotatable bonds is 3. The van der Waals surface area contributed by atoms with Gasteiger partial charge in [-0.3, -0.25) is 0 Å². The fourth-order valence-corrected chi connectivity index (χ4v) is 2.41. The number of aliphatic hydroxyl groups is 1. The molecule has 1 aliphatic heterocycles. The Labute approximate surface area is 80.0 Å². The molecule has 0 spiro atoms. The first-order chi connectivity index (χ1) is 6.36. The van der Waals surface area contributed by atoms with Gasteiger partial charge in [0.1, 0.15) is 0 Å². The van der Waals surface area contributed by atoms with Crippen LogP contribution in [0.4, 0.5) is 0 Å². The van der Waals surface area contributed by atoms with Crippen molar-refractivity contribution >= 4 is 0 Å². The lowest BCUT2D eigenvalue weighted by molar-refractivity contribution is 0.0916. The minimum Gasteiger partial charge on any atom is -0.393 e. The van der Waals surface area contributed by atoms with Gasteiger partial charge in [-0.1, -0.05) is 12.2 Å². The molecule has 2 atom stereocenters. The number of nitrogens with one attached hydrogen (secondary N) is 1. The Morgan fingerprint density at radius 2 is 2.15 bits per heavy atom. The van der Waals surface area contributed by atoms with Crippen LogP contribution < -0.4 is 5.32 Å². The van der Waals surface area contributed by atoms with E-state index < -0.39 is 0 Å². The highest BCUT2D eigenvalue weighted by Gasteiger charge is 2.25. The van der Waals surface area contributed by atoms with Crippen LogP contribution in [-0.4, -0.2) is 24.3 Å². The van der Waals surface area contributed by atoms with Gasteiger partial charge in [0.15, 0.2) is 0 Å². The quantitative estimate of drug-likeness (QED) is 0.643. The third kappa shape index (κ3) is 2.32. The average molecular weight is 181 g/mol. The van der Waals surface area contributed by atoms with E-state index in [1.807, 2.05) is 0 Å². The van der Waals surface area contributed by atoms with E-state index in [4.69, 9.17) is 0 Å². The van der Waals surface area contributed by atoms with E-state index in [1.165, 1.54) is 12.8 Å². The van der Waals surface area contributed by atoms with Crippen LogP contribution in [0.5, 0.6) is 0 Å². The van der Waals surface area contributed by atoms with Crippen LogP contribution in [-0.2, 0) is 0 Å². The maximum Gasteiger partial charge on any atom is 0.0583 e. The Hall–Kier alpha value is -0.340. The first-order valence-corrected chi connectivity index (χ1v) is 5.40. The van der Waals surface area contributed by atoms with Crippen molar-refractivity contribution in [3.8, 4) is 0 Å². The van der Waals surface area contributed by atoms with Crippen LogP contribution in [0.3, 0.4) is 0 Å². The zero-order valence-electron chi connectivity index (χ0n) is 8.08. The first kappa shape index (κ1) is 9.22. The topological polar surface area (TPSA) is 32.3 Å². The van der Waals surface area contributed by atoms with Gasteiger partial charge in [0.25, 0.3) is 0 Å². The molecule has 0 amide bonds. The van der Waals surface area contributed by atoms with Gasteiger partial charge in [0, 0.05) is 6.54 Å². The van der Waals surface area contributed by atoms with Crippen molar-refractivity contribution in [2.24, 2.45) is 11.8 Å². The van der Waals surface area contributed by atoms with E-state index in [0.29, 0.717) is 5.92 Å². The molecule has 0 aromatic carbocycles. The molecule has 0 radical (unpaired) electrons. The van der Waals surface area contributed by atoms with Gasteiger partial charge < -0.3 is 10.4 Å². The van der Waals surface area contributed by atoms with Crippen molar-refractivity contribution in [1.82, 2.24) is 5.32 Å². The molecule has 1 unspecified atom stereocenters. The Morgan fingerprint density at radius 1 is 1.38 bits per heavy atom. The molecule has 0 aromatic rings. The second-order valence-corrected chi connectivity index (χ2v) is 4.36. The molecule has 1 saturated heterocycles. The summed E-state index contributed by atoms with van der Waals surface area (Å²) in [5.41, 5.74) is 0. The molecule has 2 aliphatic rings. The second-order valence-electron chi connectivity index (χ2n) is 4.36. The summed E-state index contributed by atoms with van der Waals surface area (Å²) in [6.07, 6.45) is 8.92. The average Bonchev–Trinajstić information content (AvgIpc) is 2.74. The maximum atomic E-state index is 9.94. The molecule has 2 N–H and O–H groups in total. The van der Waals surface area contributed by atoms with Crippen molar-refractivity contribution in [3.63, 3.8) is 0 Å². The van der Waals surface area contributed by atoms with Gasteiger partial charge in [-0.15, -0.1) is 0 Å². The number of aliphatic hydroxyl groups excluding tert-OH is 1. The van der Waals surface area contributed by atoms with E-state index in [9.17, 15) is 5.11 Å². The lowest BCUT2D eigenvalue weighted by Crippen LogP contribution is -2.24. The van der Waals surface area contributed by atoms with Gasteiger partial charge in [0.05, 0.1) is 6.10 Å². The van der Waals surface area contributed by atoms with E-state index in [-0.39, 0.29) is 6.10 Å². The third-order valence-electron chi connectivity index (χ3n) is 3.32. The van der Waals surface area contributed by atoms with E-state index in [2.05, 4.69) is 17.5 Å². The van der Waals surface area contributed by atoms with Crippen molar-refractivity contribution in [2.75, 3.05) is 13.1 Å². The molecule has 2 heteroatoms. The highest BCUT2D eigenvalue weighted by molar-refractivity contribution is 4.95. The van der Waals surface area contributed by atoms with Crippen LogP contribution in [0, 0.1) is 11.8 Å². The number of hydrogen-bond acceptors (Lipinski definition) is 2. The summed E-state index contributed by atoms with van der Waals surface area (Å²) in [6, 6.07) is 0. The molecule has 2 nitrogen and oxygen atoms in total. The normalized spacial score (nSPS) is 31.3. The molecule has 0 saturated carbocycles. The zero-order valence-corrected chi connectivity index (χ0v) is 8.08. The molecule has 13 heavy (non-hydrogen) atoms. The molecule has 0 aromatic heterocycles. The summed E-state index contributed by atoms with van der Waals surface area (Å²) in [6.45, 7) is 2.10. The highest BCUT2D eigenvalue weighted by Crippen LogP contribution is 2.26. The van der Waals surface area contributed by atoms with Gasteiger partial charge in [-0.2, -0.15) is 0 Å². The smallest absolute Gasteiger partial charge is 0.0583 e. The van der Waals surface area contributed by atoms with E-state index >= 15 is 0 Å². The van der Waals surface area contributed by atoms with Gasteiger partial charge >= 0.3 is 0 Å². The lowest BCUT2D eigenvalue weighted by atomic mass is 9.91. The molecular formula is C11H19NO. The molecular weight excluding hydrogens is 162 g/mol. The summed E-state index contributed by atoms with van der Waals surface area (Å²) in [4.78, 5) is 0. The maximum absolute atomic E-state index is 9.94. The largest absolute Gasteiger partial charge is 0.393 e. The molecule has 0 bridgehead atoms. The van der Waals surface area contributed by atoms with Crippen molar-refractivity contribution in [3.05, 3.63) is 12.2 Å². The SMILES string of the molecule is OC(CC1CC=CC1)[C@H]1CCNC1. The van der Waals surface area contributed by atoms with Crippen molar-refractivity contribution < 1.29 is 5.11 Å². The summed E-state index contributed by atoms with van der Waals surface area (Å²) in [5, 5.41) is 13.2. The van der Waals surface area contributed by atoms with E-state index in [0.717, 1.165) is 31.8 Å². The Bertz CT molecular complexity index is 177. The Balaban J connectivity index is 1.73. The fraction of sp³-hybridized carbons (Fsp3) is 0.818. The number of hydrogen-bond donors (Lipinski definition) is 2. The van der Waals surface area contributed by atoms with Crippen molar-refractivity contribution in [2.45, 2.75) is 31.8 Å². The molecule has 74 valence electrons. The standard InChI is InChI=1S/C11H19NO/c13-11(10-5-6-12-8-10)7-9-3-1-2-4-9/h1-2,9-13H,3-8H2/t10-,11?/m0/s1. The number of allylic oxidation sites excluding steroid dienone is 2. The van der Waals surface area contributed by atoms with E-state index in [1.54, 1.807) is 0 Å². The Morgan fingerprint density at radius 3 is 2.77 bits per heavy atom. The fourth-order valence-electron chi connectivity index (χ4n) is 2.41. The summed E-state index contributed by atoms with van der Waals surface area (Å²) < 4.78 is 0. The summed E-state index contributed by atoms with van der Waals surface area (Å²) in [7, 11) is 0. The van der Waals surface area contributed by atoms with Crippen LogP contribution in [0.15, 0.2) is 12.2 Å². The lowest BCUT2D eigenvalue weighted by Gasteiger charge is -2.20. The minimum atomic E-state index is -0.0695. The highest BCUT2D eigenvalue weighted by atomic mass is 16.3.